The van der Waals surface area contributed by atoms with Crippen molar-refractivity contribution in [2.75, 3.05) is 0 Å². The van der Waals surface area contributed by atoms with Crippen molar-refractivity contribution in [2.24, 2.45) is 0 Å². The standard InChI is InChI=1S/C22H26N2O/c1-12-13(2)15(4)19(16(5)14(12)3)11-25-21-10-8-9-20-22(21)17(6)23-18(7)24-20/h8-10H,11H2,1-7H3. The van der Waals surface area contributed by atoms with E-state index < -0.39 is 0 Å². The molecule has 0 saturated heterocycles. The minimum absolute atomic E-state index is 0.562. The van der Waals surface area contributed by atoms with Crippen LogP contribution >= 0.6 is 0 Å². The first-order chi connectivity index (χ1) is 11.8. The molecule has 25 heavy (non-hydrogen) atoms. The van der Waals surface area contributed by atoms with E-state index in [0.29, 0.717) is 6.61 Å². The summed E-state index contributed by atoms with van der Waals surface area (Å²) < 4.78 is 6.26. The fraction of sp³-hybridized carbons (Fsp3) is 0.364. The third kappa shape index (κ3) is 2.99. The fourth-order valence-electron chi connectivity index (χ4n) is 3.54. The van der Waals surface area contributed by atoms with Crippen LogP contribution in [0.4, 0.5) is 0 Å². The second-order valence-corrected chi connectivity index (χ2v) is 6.90. The summed E-state index contributed by atoms with van der Waals surface area (Å²) in [5, 5.41) is 1.00. The van der Waals surface area contributed by atoms with Crippen molar-refractivity contribution < 1.29 is 4.74 Å². The Morgan fingerprint density at radius 3 is 2.00 bits per heavy atom. The molecule has 3 nitrogen and oxygen atoms in total. The number of hydrogen-bond acceptors (Lipinski definition) is 3. The summed E-state index contributed by atoms with van der Waals surface area (Å²) in [6, 6.07) is 6.02. The van der Waals surface area contributed by atoms with Crippen LogP contribution in [0.2, 0.25) is 0 Å². The molecule has 0 aliphatic carbocycles. The van der Waals surface area contributed by atoms with Crippen molar-refractivity contribution in [3.63, 3.8) is 0 Å². The molecule has 3 rings (SSSR count). The van der Waals surface area contributed by atoms with Crippen molar-refractivity contribution in [3.05, 3.63) is 63.1 Å². The molecule has 0 aliphatic rings. The van der Waals surface area contributed by atoms with Crippen LogP contribution < -0.4 is 4.74 Å². The van der Waals surface area contributed by atoms with Crippen LogP contribution in [0.3, 0.4) is 0 Å². The van der Waals surface area contributed by atoms with E-state index in [1.807, 2.05) is 32.0 Å². The number of fused-ring (bicyclic) bond motifs is 1. The van der Waals surface area contributed by atoms with Gasteiger partial charge in [-0.05, 0) is 94.0 Å². The molecule has 1 heterocycles. The molecule has 0 saturated carbocycles. The van der Waals surface area contributed by atoms with Crippen molar-refractivity contribution >= 4 is 10.9 Å². The summed E-state index contributed by atoms with van der Waals surface area (Å²) in [6.07, 6.45) is 0. The van der Waals surface area contributed by atoms with E-state index in [2.05, 4.69) is 44.6 Å². The Balaban J connectivity index is 2.03. The quantitative estimate of drug-likeness (QED) is 0.646. The van der Waals surface area contributed by atoms with Crippen molar-refractivity contribution in [3.8, 4) is 5.75 Å². The molecule has 1 aromatic heterocycles. The molecule has 0 fully saturated rings. The summed E-state index contributed by atoms with van der Waals surface area (Å²) in [5.74, 6) is 1.64. The fourth-order valence-corrected chi connectivity index (χ4v) is 3.54. The van der Waals surface area contributed by atoms with Crippen LogP contribution in [0.1, 0.15) is 44.9 Å². The predicted octanol–water partition coefficient (Wildman–Crippen LogP) is 5.37. The van der Waals surface area contributed by atoms with E-state index in [1.54, 1.807) is 0 Å². The monoisotopic (exact) mass is 334 g/mol. The normalized spacial score (nSPS) is 11.2. The van der Waals surface area contributed by atoms with E-state index in [1.165, 1.54) is 33.4 Å². The Morgan fingerprint density at radius 1 is 0.760 bits per heavy atom. The van der Waals surface area contributed by atoms with E-state index in [-0.39, 0.29) is 0 Å². The Kier molecular flexibility index (Phi) is 4.51. The molecule has 0 unspecified atom stereocenters. The zero-order valence-electron chi connectivity index (χ0n) is 16.2. The van der Waals surface area contributed by atoms with E-state index >= 15 is 0 Å². The summed E-state index contributed by atoms with van der Waals surface area (Å²) in [7, 11) is 0. The lowest BCUT2D eigenvalue weighted by molar-refractivity contribution is 0.308. The van der Waals surface area contributed by atoms with Crippen molar-refractivity contribution in [1.29, 1.82) is 0 Å². The van der Waals surface area contributed by atoms with Crippen LogP contribution in [0.15, 0.2) is 18.2 Å². The lowest BCUT2D eigenvalue weighted by Gasteiger charge is -2.19. The summed E-state index contributed by atoms with van der Waals surface area (Å²) in [6.45, 7) is 15.5. The van der Waals surface area contributed by atoms with Gasteiger partial charge >= 0.3 is 0 Å². The van der Waals surface area contributed by atoms with Crippen molar-refractivity contribution in [1.82, 2.24) is 9.97 Å². The topological polar surface area (TPSA) is 35.0 Å². The van der Waals surface area contributed by atoms with Gasteiger partial charge in [0.2, 0.25) is 0 Å². The van der Waals surface area contributed by atoms with Crippen LogP contribution in [0.5, 0.6) is 5.75 Å². The van der Waals surface area contributed by atoms with Gasteiger partial charge < -0.3 is 4.74 Å². The minimum atomic E-state index is 0.562. The molecule has 0 atom stereocenters. The molecule has 0 amide bonds. The molecule has 0 N–H and O–H groups in total. The Hall–Kier alpha value is -2.42. The van der Waals surface area contributed by atoms with Gasteiger partial charge in [-0.3, -0.25) is 0 Å². The van der Waals surface area contributed by atoms with Crippen LogP contribution in [0.25, 0.3) is 10.9 Å². The number of ether oxygens (including phenoxy) is 1. The molecule has 130 valence electrons. The third-order valence-corrected chi connectivity index (χ3v) is 5.51. The molecule has 0 spiro atoms. The maximum absolute atomic E-state index is 6.26. The Morgan fingerprint density at radius 2 is 1.36 bits per heavy atom. The molecule has 3 aromatic rings. The van der Waals surface area contributed by atoms with Gasteiger partial charge in [0.05, 0.1) is 16.6 Å². The first kappa shape index (κ1) is 17.4. The average molecular weight is 334 g/mol. The lowest BCUT2D eigenvalue weighted by atomic mass is 9.90. The molecule has 0 bridgehead atoms. The number of benzene rings is 2. The predicted molar refractivity (Wildman–Crippen MR) is 103 cm³/mol. The van der Waals surface area contributed by atoms with Crippen LogP contribution in [-0.4, -0.2) is 9.97 Å². The first-order valence-corrected chi connectivity index (χ1v) is 8.73. The highest BCUT2D eigenvalue weighted by Gasteiger charge is 2.14. The highest BCUT2D eigenvalue weighted by Crippen LogP contribution is 2.30. The number of hydrogen-bond donors (Lipinski definition) is 0. The number of aromatic nitrogens is 2. The lowest BCUT2D eigenvalue weighted by Crippen LogP contribution is -2.07. The van der Waals surface area contributed by atoms with E-state index in [4.69, 9.17) is 4.74 Å². The number of aryl methyl sites for hydroxylation is 2. The van der Waals surface area contributed by atoms with Crippen molar-refractivity contribution in [2.45, 2.75) is 55.1 Å². The first-order valence-electron chi connectivity index (χ1n) is 8.73. The SMILES string of the molecule is Cc1nc(C)c2c(OCc3c(C)c(C)c(C)c(C)c3C)cccc2n1. The third-order valence-electron chi connectivity index (χ3n) is 5.51. The summed E-state index contributed by atoms with van der Waals surface area (Å²) in [4.78, 5) is 9.04. The van der Waals surface area contributed by atoms with Crippen LogP contribution in [-0.2, 0) is 6.61 Å². The largest absolute Gasteiger partial charge is 0.488 e. The van der Waals surface area contributed by atoms with Gasteiger partial charge in [0.1, 0.15) is 18.2 Å². The van der Waals surface area contributed by atoms with Gasteiger partial charge in [0.25, 0.3) is 0 Å². The van der Waals surface area contributed by atoms with Crippen LogP contribution in [0, 0.1) is 48.5 Å². The smallest absolute Gasteiger partial charge is 0.131 e. The highest BCUT2D eigenvalue weighted by atomic mass is 16.5. The van der Waals surface area contributed by atoms with Gasteiger partial charge in [0, 0.05) is 0 Å². The zero-order chi connectivity index (χ0) is 18.3. The van der Waals surface area contributed by atoms with Gasteiger partial charge in [-0.2, -0.15) is 0 Å². The maximum Gasteiger partial charge on any atom is 0.131 e. The van der Waals surface area contributed by atoms with Gasteiger partial charge in [-0.15, -0.1) is 0 Å². The molecule has 0 radical (unpaired) electrons. The maximum atomic E-state index is 6.26. The summed E-state index contributed by atoms with van der Waals surface area (Å²) >= 11 is 0. The minimum Gasteiger partial charge on any atom is -0.488 e. The number of nitrogens with zero attached hydrogens (tertiary/aromatic N) is 2. The van der Waals surface area contributed by atoms with Gasteiger partial charge in [-0.1, -0.05) is 6.07 Å². The molecule has 3 heteroatoms. The zero-order valence-corrected chi connectivity index (χ0v) is 16.2. The molecular weight excluding hydrogens is 308 g/mol. The Labute approximate surface area is 150 Å². The van der Waals surface area contributed by atoms with Gasteiger partial charge in [-0.25, -0.2) is 9.97 Å². The molecule has 2 aromatic carbocycles. The van der Waals surface area contributed by atoms with Gasteiger partial charge in [0.15, 0.2) is 0 Å². The molecule has 0 aliphatic heterocycles. The summed E-state index contributed by atoms with van der Waals surface area (Å²) in [5.41, 5.74) is 9.92. The second-order valence-electron chi connectivity index (χ2n) is 6.90. The second kappa shape index (κ2) is 6.47. The highest BCUT2D eigenvalue weighted by molar-refractivity contribution is 5.87. The van der Waals surface area contributed by atoms with E-state index in [0.717, 1.165) is 28.2 Å². The molecular formula is C22H26N2O. The van der Waals surface area contributed by atoms with E-state index in [9.17, 15) is 0 Å². The number of rotatable bonds is 3. The average Bonchev–Trinajstić information content (AvgIpc) is 2.57. The Bertz CT molecular complexity index is 945.